The second-order valence-electron chi connectivity index (χ2n) is 7.11. The lowest BCUT2D eigenvalue weighted by molar-refractivity contribution is 0.0950. The van der Waals surface area contributed by atoms with E-state index in [1.165, 1.54) is 4.68 Å². The smallest absolute Gasteiger partial charge is 0.294 e. The minimum absolute atomic E-state index is 0.0208. The number of methoxy groups -OCH3 is 1. The highest BCUT2D eigenvalue weighted by atomic mass is 16.7. The fourth-order valence-corrected chi connectivity index (χ4v) is 3.31. The van der Waals surface area contributed by atoms with Gasteiger partial charge < -0.3 is 19.9 Å². The van der Waals surface area contributed by atoms with Crippen LogP contribution in [0.5, 0.6) is 17.2 Å². The molecule has 13 nitrogen and oxygen atoms in total. The summed E-state index contributed by atoms with van der Waals surface area (Å²) in [5.41, 5.74) is 10.6. The van der Waals surface area contributed by atoms with Gasteiger partial charge in [-0.05, 0) is 65.3 Å². The molecular weight excluding hydrogens is 444 g/mol. The molecule has 0 saturated heterocycles. The fraction of sp³-hybridized carbons (Fsp3) is 0.143. The lowest BCUT2D eigenvalue weighted by Gasteiger charge is -2.07. The van der Waals surface area contributed by atoms with Crippen LogP contribution >= 0.6 is 0 Å². The summed E-state index contributed by atoms with van der Waals surface area (Å²) >= 11 is 0. The molecule has 0 aliphatic carbocycles. The molecule has 0 atom stereocenters. The monoisotopic (exact) mass is 462 g/mol. The van der Waals surface area contributed by atoms with Crippen molar-refractivity contribution in [1.29, 1.82) is 0 Å². The van der Waals surface area contributed by atoms with E-state index in [-0.39, 0.29) is 29.8 Å². The molecule has 0 spiro atoms. The van der Waals surface area contributed by atoms with Gasteiger partial charge in [0, 0.05) is 5.56 Å². The van der Waals surface area contributed by atoms with Crippen LogP contribution in [0.3, 0.4) is 0 Å². The number of ether oxygens (including phenoxy) is 3. The summed E-state index contributed by atoms with van der Waals surface area (Å²) < 4.78 is 21.9. The first-order valence-electron chi connectivity index (χ1n) is 9.98. The molecule has 1 aliphatic rings. The van der Waals surface area contributed by atoms with Crippen molar-refractivity contribution >= 4 is 17.4 Å². The summed E-state index contributed by atoms with van der Waals surface area (Å²) in [6.07, 6.45) is 0. The Balaban J connectivity index is 1.50. The van der Waals surface area contributed by atoms with Crippen LogP contribution < -0.4 is 25.4 Å². The van der Waals surface area contributed by atoms with Crippen molar-refractivity contribution in [1.82, 2.24) is 30.7 Å². The van der Waals surface area contributed by atoms with Crippen LogP contribution in [-0.4, -0.2) is 50.8 Å². The molecule has 0 radical (unpaired) electrons. The highest BCUT2D eigenvalue weighted by Gasteiger charge is 2.27. The molecule has 0 unspecified atom stereocenters. The normalized spacial score (nSPS) is 12.6. The predicted octanol–water partition coefficient (Wildman–Crippen LogP) is 1.79. The molecule has 1 aliphatic heterocycles. The predicted molar refractivity (Wildman–Crippen MR) is 118 cm³/mol. The standard InChI is InChI=1S/C21H18N8O5/c1-11(12-3-6-14(31-2)7-4-12)23-25-21(30)17-18(13-5-8-15-16(9-13)33-10-32-15)29(28-24-17)20-19(22)26-34-27-20/h3-9H,10H2,1-2H3,(H2,22,26)(H,25,30)/b23-11-. The van der Waals surface area contributed by atoms with Crippen LogP contribution in [0.1, 0.15) is 23.0 Å². The second kappa shape index (κ2) is 8.54. The van der Waals surface area contributed by atoms with E-state index in [0.717, 1.165) is 5.56 Å². The number of hydrogen-bond acceptors (Lipinski definition) is 11. The van der Waals surface area contributed by atoms with E-state index >= 15 is 0 Å². The fourth-order valence-electron chi connectivity index (χ4n) is 3.31. The molecule has 13 heteroatoms. The van der Waals surface area contributed by atoms with Crippen molar-refractivity contribution in [2.24, 2.45) is 5.10 Å². The average molecular weight is 462 g/mol. The van der Waals surface area contributed by atoms with Gasteiger partial charge in [-0.15, -0.1) is 5.10 Å². The van der Waals surface area contributed by atoms with E-state index in [9.17, 15) is 4.79 Å². The number of carbonyl (C=O) groups is 1. The zero-order valence-electron chi connectivity index (χ0n) is 18.1. The van der Waals surface area contributed by atoms with E-state index in [1.54, 1.807) is 44.4 Å². The highest BCUT2D eigenvalue weighted by molar-refractivity contribution is 6.02. The minimum Gasteiger partial charge on any atom is -0.497 e. The van der Waals surface area contributed by atoms with E-state index in [1.807, 2.05) is 12.1 Å². The summed E-state index contributed by atoms with van der Waals surface area (Å²) in [4.78, 5) is 13.1. The number of nitrogens with one attached hydrogen (secondary N) is 1. The lowest BCUT2D eigenvalue weighted by Crippen LogP contribution is -2.21. The Morgan fingerprint density at radius 3 is 2.68 bits per heavy atom. The topological polar surface area (TPSA) is 165 Å². The average Bonchev–Trinajstić information content (AvgIpc) is 3.60. The molecule has 1 amide bonds. The summed E-state index contributed by atoms with van der Waals surface area (Å²) in [6.45, 7) is 1.86. The molecule has 2 aromatic heterocycles. The number of nitrogen functional groups attached to an aromatic ring is 1. The summed E-state index contributed by atoms with van der Waals surface area (Å²) in [6, 6.07) is 12.4. The van der Waals surface area contributed by atoms with E-state index in [0.29, 0.717) is 28.5 Å². The number of fused-ring (bicyclic) bond motifs is 1. The van der Waals surface area contributed by atoms with Gasteiger partial charge in [-0.2, -0.15) is 9.78 Å². The van der Waals surface area contributed by atoms with Gasteiger partial charge in [-0.1, -0.05) is 5.21 Å². The number of anilines is 1. The maximum Gasteiger partial charge on any atom is 0.294 e. The number of aromatic nitrogens is 5. The maximum absolute atomic E-state index is 13.1. The largest absolute Gasteiger partial charge is 0.497 e. The first-order valence-corrected chi connectivity index (χ1v) is 9.98. The summed E-state index contributed by atoms with van der Waals surface area (Å²) in [5, 5.41) is 19.6. The number of nitrogens with zero attached hydrogens (tertiary/aromatic N) is 6. The lowest BCUT2D eigenvalue weighted by atomic mass is 10.1. The highest BCUT2D eigenvalue weighted by Crippen LogP contribution is 2.37. The van der Waals surface area contributed by atoms with Crippen LogP contribution in [-0.2, 0) is 0 Å². The number of benzene rings is 2. The molecule has 0 bridgehead atoms. The zero-order chi connectivity index (χ0) is 23.7. The van der Waals surface area contributed by atoms with Crippen molar-refractivity contribution in [2.75, 3.05) is 19.6 Å². The molecule has 3 heterocycles. The minimum atomic E-state index is -0.596. The third-order valence-electron chi connectivity index (χ3n) is 5.06. The Morgan fingerprint density at radius 2 is 1.94 bits per heavy atom. The van der Waals surface area contributed by atoms with Gasteiger partial charge in [0.05, 0.1) is 12.8 Å². The SMILES string of the molecule is COc1ccc(/C(C)=N\NC(=O)c2nnn(-c3nonc3N)c2-c2ccc3c(c2)OCO3)cc1. The Kier molecular flexibility index (Phi) is 5.26. The van der Waals surface area contributed by atoms with Crippen molar-refractivity contribution in [2.45, 2.75) is 6.92 Å². The van der Waals surface area contributed by atoms with E-state index in [2.05, 4.69) is 35.8 Å². The van der Waals surface area contributed by atoms with Crippen LogP contribution in [0.25, 0.3) is 17.1 Å². The van der Waals surface area contributed by atoms with Gasteiger partial charge in [0.25, 0.3) is 5.91 Å². The molecule has 0 saturated carbocycles. The van der Waals surface area contributed by atoms with Crippen molar-refractivity contribution in [3.8, 4) is 34.3 Å². The number of amides is 1. The number of nitrogens with two attached hydrogens (primary N) is 1. The number of carbonyl (C=O) groups excluding carboxylic acids is 1. The molecular formula is C21H18N8O5. The quantitative estimate of drug-likeness (QED) is 0.319. The van der Waals surface area contributed by atoms with Crippen LogP contribution in [0, 0.1) is 0 Å². The van der Waals surface area contributed by atoms with E-state index < -0.39 is 5.91 Å². The number of hydrogen-bond donors (Lipinski definition) is 2. The summed E-state index contributed by atoms with van der Waals surface area (Å²) in [7, 11) is 1.59. The van der Waals surface area contributed by atoms with Gasteiger partial charge in [0.2, 0.25) is 18.4 Å². The maximum atomic E-state index is 13.1. The van der Waals surface area contributed by atoms with Gasteiger partial charge >= 0.3 is 0 Å². The molecule has 4 aromatic rings. The third kappa shape index (κ3) is 3.74. The Bertz CT molecular complexity index is 1390. The van der Waals surface area contributed by atoms with Gasteiger partial charge in [0.1, 0.15) is 11.4 Å². The first-order chi connectivity index (χ1) is 16.5. The molecule has 0 fully saturated rings. The Labute approximate surface area is 192 Å². The number of rotatable bonds is 6. The van der Waals surface area contributed by atoms with Gasteiger partial charge in [-0.3, -0.25) is 4.79 Å². The number of hydrazone groups is 1. The molecule has 3 N–H and O–H groups in total. The molecule has 2 aromatic carbocycles. The zero-order valence-corrected chi connectivity index (χ0v) is 18.1. The Hall–Kier alpha value is -4.94. The van der Waals surface area contributed by atoms with Crippen LogP contribution in [0.15, 0.2) is 52.2 Å². The molecule has 5 rings (SSSR count). The van der Waals surface area contributed by atoms with Gasteiger partial charge in [0.15, 0.2) is 17.2 Å². The molecule has 172 valence electrons. The van der Waals surface area contributed by atoms with Crippen molar-refractivity contribution < 1.29 is 23.6 Å². The van der Waals surface area contributed by atoms with E-state index in [4.69, 9.17) is 19.9 Å². The van der Waals surface area contributed by atoms with Crippen molar-refractivity contribution in [3.63, 3.8) is 0 Å². The van der Waals surface area contributed by atoms with Crippen LogP contribution in [0.2, 0.25) is 0 Å². The first kappa shape index (κ1) is 20.9. The molecule has 34 heavy (non-hydrogen) atoms. The van der Waals surface area contributed by atoms with Crippen LogP contribution in [0.4, 0.5) is 5.82 Å². The van der Waals surface area contributed by atoms with Crippen molar-refractivity contribution in [3.05, 3.63) is 53.7 Å². The second-order valence-corrected chi connectivity index (χ2v) is 7.11. The Morgan fingerprint density at radius 1 is 1.15 bits per heavy atom. The third-order valence-corrected chi connectivity index (χ3v) is 5.06. The van der Waals surface area contributed by atoms with Gasteiger partial charge in [-0.25, -0.2) is 10.1 Å². The summed E-state index contributed by atoms with van der Waals surface area (Å²) in [5.74, 6) is 1.27.